The fourth-order valence-electron chi connectivity index (χ4n) is 1.22. The van der Waals surface area contributed by atoms with Gasteiger partial charge in [0.2, 0.25) is 0 Å². The molecule has 1 heterocycles. The van der Waals surface area contributed by atoms with E-state index >= 15 is 0 Å². The lowest BCUT2D eigenvalue weighted by Crippen LogP contribution is -2.43. The predicted molar refractivity (Wildman–Crippen MR) is 67.3 cm³/mol. The zero-order valence-corrected chi connectivity index (χ0v) is 10.7. The summed E-state index contributed by atoms with van der Waals surface area (Å²) in [6.45, 7) is 4.65. The van der Waals surface area contributed by atoms with Crippen molar-refractivity contribution in [3.05, 3.63) is 24.2 Å². The lowest BCUT2D eigenvalue weighted by molar-refractivity contribution is 0.0926. The van der Waals surface area contributed by atoms with E-state index in [0.717, 1.165) is 6.42 Å². The first-order chi connectivity index (χ1) is 8.63. The van der Waals surface area contributed by atoms with Gasteiger partial charge in [0.25, 0.3) is 5.91 Å². The highest BCUT2D eigenvalue weighted by atomic mass is 16.3. The summed E-state index contributed by atoms with van der Waals surface area (Å²) in [5, 5.41) is 8.05. The molecule has 0 fully saturated rings. The Balaban J connectivity index is 2.12. The highest BCUT2D eigenvalue weighted by Gasteiger charge is 2.07. The van der Waals surface area contributed by atoms with Gasteiger partial charge in [0.1, 0.15) is 0 Å². The summed E-state index contributed by atoms with van der Waals surface area (Å²) in [7, 11) is 0. The number of hydrogen-bond donors (Lipinski definition) is 3. The van der Waals surface area contributed by atoms with Gasteiger partial charge in [0, 0.05) is 19.1 Å². The van der Waals surface area contributed by atoms with Crippen LogP contribution in [-0.2, 0) is 0 Å². The second kappa shape index (κ2) is 7.37. The molecule has 1 unspecified atom stereocenters. The van der Waals surface area contributed by atoms with Gasteiger partial charge < -0.3 is 20.4 Å². The summed E-state index contributed by atoms with van der Waals surface area (Å²) in [5.74, 6) is -0.0248. The van der Waals surface area contributed by atoms with Gasteiger partial charge in [-0.25, -0.2) is 4.79 Å². The molecule has 0 aliphatic heterocycles. The monoisotopic (exact) mass is 253 g/mol. The second-order valence-corrected chi connectivity index (χ2v) is 3.94. The molecular formula is C12H19N3O3. The normalized spacial score (nSPS) is 11.7. The van der Waals surface area contributed by atoms with Crippen molar-refractivity contribution in [2.24, 2.45) is 0 Å². The van der Waals surface area contributed by atoms with Crippen molar-refractivity contribution in [1.82, 2.24) is 16.0 Å². The predicted octanol–water partition coefficient (Wildman–Crippen LogP) is 1.11. The number of nitrogens with one attached hydrogen (secondary N) is 3. The van der Waals surface area contributed by atoms with Crippen LogP contribution in [0.25, 0.3) is 0 Å². The molecule has 3 N–H and O–H groups in total. The minimum absolute atomic E-state index is 0.141. The quantitative estimate of drug-likeness (QED) is 0.664. The van der Waals surface area contributed by atoms with Gasteiger partial charge in [-0.15, -0.1) is 0 Å². The van der Waals surface area contributed by atoms with Crippen LogP contribution in [0.1, 0.15) is 30.8 Å². The topological polar surface area (TPSA) is 83.4 Å². The first-order valence-electron chi connectivity index (χ1n) is 5.99. The van der Waals surface area contributed by atoms with Crippen molar-refractivity contribution >= 4 is 11.9 Å². The molecule has 3 amide bonds. The van der Waals surface area contributed by atoms with Crippen molar-refractivity contribution in [3.63, 3.8) is 0 Å². The number of amides is 3. The summed E-state index contributed by atoms with van der Waals surface area (Å²) in [6, 6.07) is 3.14. The van der Waals surface area contributed by atoms with Gasteiger partial charge >= 0.3 is 6.03 Å². The molecule has 0 spiro atoms. The Morgan fingerprint density at radius 1 is 1.33 bits per heavy atom. The van der Waals surface area contributed by atoms with E-state index in [1.807, 2.05) is 13.8 Å². The molecule has 6 nitrogen and oxygen atoms in total. The largest absolute Gasteiger partial charge is 0.459 e. The standard InChI is InChI=1S/C12H19N3O3/c1-3-9(2)15-12(17)14-7-6-13-11(16)10-5-4-8-18-10/h4-5,8-9H,3,6-7H2,1-2H3,(H,13,16)(H2,14,15,17). The number of carbonyl (C=O) groups excluding carboxylic acids is 2. The Morgan fingerprint density at radius 3 is 2.67 bits per heavy atom. The first kappa shape index (κ1) is 14.1. The summed E-state index contributed by atoms with van der Waals surface area (Å²) in [6.07, 6.45) is 2.31. The molecule has 0 saturated heterocycles. The van der Waals surface area contributed by atoms with Crippen LogP contribution in [0, 0.1) is 0 Å². The number of hydrogen-bond acceptors (Lipinski definition) is 3. The van der Waals surface area contributed by atoms with E-state index in [1.54, 1.807) is 12.1 Å². The van der Waals surface area contributed by atoms with Crippen molar-refractivity contribution in [1.29, 1.82) is 0 Å². The Hall–Kier alpha value is -1.98. The van der Waals surface area contributed by atoms with E-state index in [2.05, 4.69) is 16.0 Å². The van der Waals surface area contributed by atoms with Crippen LogP contribution in [0.4, 0.5) is 4.79 Å². The third-order valence-corrected chi connectivity index (χ3v) is 2.43. The molecule has 1 atom stereocenters. The van der Waals surface area contributed by atoms with Gasteiger partial charge in [0.15, 0.2) is 5.76 Å². The van der Waals surface area contributed by atoms with Gasteiger partial charge in [-0.2, -0.15) is 0 Å². The molecule has 1 rings (SSSR count). The lowest BCUT2D eigenvalue weighted by Gasteiger charge is -2.12. The fraction of sp³-hybridized carbons (Fsp3) is 0.500. The molecule has 100 valence electrons. The molecule has 1 aromatic rings. The minimum atomic E-state index is -0.288. The lowest BCUT2D eigenvalue weighted by atomic mass is 10.3. The second-order valence-electron chi connectivity index (χ2n) is 3.94. The van der Waals surface area contributed by atoms with E-state index in [0.29, 0.717) is 13.1 Å². The third kappa shape index (κ3) is 4.90. The summed E-state index contributed by atoms with van der Waals surface area (Å²) >= 11 is 0. The van der Waals surface area contributed by atoms with Crippen LogP contribution in [-0.4, -0.2) is 31.1 Å². The SMILES string of the molecule is CCC(C)NC(=O)NCCNC(=O)c1ccco1. The number of carbonyl (C=O) groups is 2. The van der Waals surface area contributed by atoms with Gasteiger partial charge in [-0.3, -0.25) is 4.79 Å². The van der Waals surface area contributed by atoms with E-state index < -0.39 is 0 Å². The zero-order valence-electron chi connectivity index (χ0n) is 10.7. The van der Waals surface area contributed by atoms with Gasteiger partial charge in [-0.1, -0.05) is 6.92 Å². The van der Waals surface area contributed by atoms with Crippen molar-refractivity contribution in [2.45, 2.75) is 26.3 Å². The van der Waals surface area contributed by atoms with E-state index in [4.69, 9.17) is 4.42 Å². The molecule has 0 aromatic carbocycles. The van der Waals surface area contributed by atoms with Crippen molar-refractivity contribution in [3.8, 4) is 0 Å². The molecule has 0 bridgehead atoms. The minimum Gasteiger partial charge on any atom is -0.459 e. The average molecular weight is 253 g/mol. The Labute approximate surface area is 106 Å². The Bertz CT molecular complexity index is 376. The molecule has 0 radical (unpaired) electrons. The summed E-state index contributed by atoms with van der Waals surface area (Å²) in [5.41, 5.74) is 0. The number of rotatable bonds is 6. The van der Waals surface area contributed by atoms with Gasteiger partial charge in [-0.05, 0) is 25.5 Å². The highest BCUT2D eigenvalue weighted by Crippen LogP contribution is 1.98. The van der Waals surface area contributed by atoms with Crippen LogP contribution in [0.3, 0.4) is 0 Å². The summed E-state index contributed by atoms with van der Waals surface area (Å²) in [4.78, 5) is 22.8. The van der Waals surface area contributed by atoms with Crippen LogP contribution in [0.5, 0.6) is 0 Å². The van der Waals surface area contributed by atoms with Crippen LogP contribution < -0.4 is 16.0 Å². The van der Waals surface area contributed by atoms with Crippen LogP contribution in [0.15, 0.2) is 22.8 Å². The van der Waals surface area contributed by atoms with E-state index in [1.165, 1.54) is 6.26 Å². The average Bonchev–Trinajstić information content (AvgIpc) is 2.88. The smallest absolute Gasteiger partial charge is 0.315 e. The number of urea groups is 1. The Kier molecular flexibility index (Phi) is 5.76. The molecule has 0 aliphatic rings. The highest BCUT2D eigenvalue weighted by molar-refractivity contribution is 5.91. The molecular weight excluding hydrogens is 234 g/mol. The molecule has 6 heteroatoms. The maximum Gasteiger partial charge on any atom is 0.315 e. The Morgan fingerprint density at radius 2 is 2.06 bits per heavy atom. The number of furan rings is 1. The van der Waals surface area contributed by atoms with Crippen molar-refractivity contribution in [2.75, 3.05) is 13.1 Å². The van der Waals surface area contributed by atoms with Gasteiger partial charge in [0.05, 0.1) is 6.26 Å². The van der Waals surface area contributed by atoms with Crippen LogP contribution >= 0.6 is 0 Å². The zero-order chi connectivity index (χ0) is 13.4. The third-order valence-electron chi connectivity index (χ3n) is 2.43. The fourth-order valence-corrected chi connectivity index (χ4v) is 1.22. The maximum atomic E-state index is 11.4. The van der Waals surface area contributed by atoms with E-state index in [9.17, 15) is 9.59 Å². The van der Waals surface area contributed by atoms with Crippen molar-refractivity contribution < 1.29 is 14.0 Å². The van der Waals surface area contributed by atoms with E-state index in [-0.39, 0.29) is 23.7 Å². The molecule has 1 aromatic heterocycles. The molecule has 0 saturated carbocycles. The maximum absolute atomic E-state index is 11.4. The molecule has 18 heavy (non-hydrogen) atoms. The molecule has 0 aliphatic carbocycles. The van der Waals surface area contributed by atoms with Crippen LogP contribution in [0.2, 0.25) is 0 Å². The summed E-state index contributed by atoms with van der Waals surface area (Å²) < 4.78 is 4.93. The first-order valence-corrected chi connectivity index (χ1v) is 5.99.